The van der Waals surface area contributed by atoms with Crippen LogP contribution in [0.5, 0.6) is 0 Å². The van der Waals surface area contributed by atoms with Crippen LogP contribution in [0.2, 0.25) is 0 Å². The average Bonchev–Trinajstić information content (AvgIpc) is 2.86. The van der Waals surface area contributed by atoms with Crippen molar-refractivity contribution < 1.29 is 0 Å². The summed E-state index contributed by atoms with van der Waals surface area (Å²) < 4.78 is 0. The lowest BCUT2D eigenvalue weighted by Crippen LogP contribution is -2.35. The van der Waals surface area contributed by atoms with Gasteiger partial charge in [0, 0.05) is 24.1 Å². The number of nitrogen functional groups attached to an aromatic ring is 1. The van der Waals surface area contributed by atoms with E-state index in [-0.39, 0.29) is 5.41 Å². The van der Waals surface area contributed by atoms with Gasteiger partial charge in [-0.15, -0.1) is 0 Å². The van der Waals surface area contributed by atoms with Crippen LogP contribution >= 0.6 is 0 Å². The number of rotatable bonds is 3. The Morgan fingerprint density at radius 3 is 2.60 bits per heavy atom. The molecule has 5 nitrogen and oxygen atoms in total. The van der Waals surface area contributed by atoms with Crippen molar-refractivity contribution in [1.29, 1.82) is 0 Å². The van der Waals surface area contributed by atoms with Crippen molar-refractivity contribution in [3.8, 4) is 0 Å². The maximum atomic E-state index is 5.57. The summed E-state index contributed by atoms with van der Waals surface area (Å²) in [6, 6.07) is 2.51. The summed E-state index contributed by atoms with van der Waals surface area (Å²) in [4.78, 5) is 11.7. The number of anilines is 2. The Bertz CT molecular complexity index is 464. The van der Waals surface area contributed by atoms with E-state index in [1.807, 2.05) is 6.07 Å². The van der Waals surface area contributed by atoms with Gasteiger partial charge in [0.1, 0.15) is 17.5 Å². The summed E-state index contributed by atoms with van der Waals surface area (Å²) in [5.74, 6) is 8.70. The van der Waals surface area contributed by atoms with Crippen molar-refractivity contribution in [2.45, 2.75) is 58.9 Å². The molecule has 0 radical (unpaired) electrons. The van der Waals surface area contributed by atoms with Gasteiger partial charge in [-0.05, 0) is 18.8 Å². The third-order valence-corrected chi connectivity index (χ3v) is 3.89. The van der Waals surface area contributed by atoms with Crippen LogP contribution in [0.1, 0.15) is 53.3 Å². The molecule has 1 aromatic rings. The molecule has 20 heavy (non-hydrogen) atoms. The largest absolute Gasteiger partial charge is 0.353 e. The van der Waals surface area contributed by atoms with Crippen molar-refractivity contribution in [2.24, 2.45) is 11.8 Å². The van der Waals surface area contributed by atoms with E-state index in [0.29, 0.717) is 17.8 Å². The highest BCUT2D eigenvalue weighted by atomic mass is 15.3. The summed E-state index contributed by atoms with van der Waals surface area (Å²) in [6.45, 7) is 12.0. The van der Waals surface area contributed by atoms with Crippen LogP contribution in [0.25, 0.3) is 0 Å². The van der Waals surface area contributed by atoms with Gasteiger partial charge in [0.15, 0.2) is 0 Å². The summed E-state index contributed by atoms with van der Waals surface area (Å²) in [5, 5.41) is 0. The Morgan fingerprint density at radius 2 is 2.05 bits per heavy atom. The van der Waals surface area contributed by atoms with Crippen molar-refractivity contribution in [2.75, 3.05) is 16.9 Å². The first kappa shape index (κ1) is 15.0. The number of nitrogens with zero attached hydrogens (tertiary/aromatic N) is 3. The molecule has 1 aromatic heterocycles. The quantitative estimate of drug-likeness (QED) is 0.657. The minimum absolute atomic E-state index is 0.0886. The molecule has 2 heterocycles. The minimum Gasteiger partial charge on any atom is -0.353 e. The van der Waals surface area contributed by atoms with Gasteiger partial charge in [0.05, 0.1) is 0 Å². The van der Waals surface area contributed by atoms with E-state index in [9.17, 15) is 0 Å². The monoisotopic (exact) mass is 277 g/mol. The van der Waals surface area contributed by atoms with E-state index in [1.165, 1.54) is 12.8 Å². The molecule has 1 saturated heterocycles. The number of hydrogen-bond acceptors (Lipinski definition) is 5. The van der Waals surface area contributed by atoms with Gasteiger partial charge < -0.3 is 10.3 Å². The molecule has 1 aliphatic heterocycles. The Labute approximate surface area is 121 Å². The fraction of sp³-hybridized carbons (Fsp3) is 0.733. The molecule has 0 saturated carbocycles. The third-order valence-electron chi connectivity index (χ3n) is 3.89. The SMILES string of the molecule is CC(C)C1CCCN1c1cc(NN)nc(C(C)(C)C)n1. The molecule has 0 bridgehead atoms. The van der Waals surface area contributed by atoms with Crippen molar-refractivity contribution in [1.82, 2.24) is 9.97 Å². The van der Waals surface area contributed by atoms with Gasteiger partial charge in [-0.1, -0.05) is 34.6 Å². The zero-order valence-electron chi connectivity index (χ0n) is 13.3. The lowest BCUT2D eigenvalue weighted by molar-refractivity contribution is 0.486. The first-order valence-corrected chi connectivity index (χ1v) is 7.45. The second kappa shape index (κ2) is 5.56. The molecule has 1 aliphatic rings. The zero-order chi connectivity index (χ0) is 14.9. The Balaban J connectivity index is 2.40. The average molecular weight is 277 g/mol. The molecule has 0 aliphatic carbocycles. The van der Waals surface area contributed by atoms with Crippen LogP contribution < -0.4 is 16.2 Å². The smallest absolute Gasteiger partial charge is 0.145 e. The van der Waals surface area contributed by atoms with Crippen LogP contribution in [0.3, 0.4) is 0 Å². The van der Waals surface area contributed by atoms with E-state index < -0.39 is 0 Å². The highest BCUT2D eigenvalue weighted by Gasteiger charge is 2.29. The van der Waals surface area contributed by atoms with E-state index >= 15 is 0 Å². The lowest BCUT2D eigenvalue weighted by Gasteiger charge is -2.30. The number of nitrogens with two attached hydrogens (primary N) is 1. The predicted molar refractivity (Wildman–Crippen MR) is 83.7 cm³/mol. The normalized spacial score (nSPS) is 19.8. The Morgan fingerprint density at radius 1 is 1.35 bits per heavy atom. The van der Waals surface area contributed by atoms with Crippen molar-refractivity contribution >= 4 is 11.6 Å². The molecular weight excluding hydrogens is 250 g/mol. The van der Waals surface area contributed by atoms with Gasteiger partial charge in [-0.25, -0.2) is 15.8 Å². The molecule has 112 valence electrons. The van der Waals surface area contributed by atoms with E-state index in [4.69, 9.17) is 10.8 Å². The summed E-state index contributed by atoms with van der Waals surface area (Å²) in [6.07, 6.45) is 2.46. The Kier molecular flexibility index (Phi) is 4.18. The molecule has 1 fully saturated rings. The molecule has 0 aromatic carbocycles. The van der Waals surface area contributed by atoms with Crippen molar-refractivity contribution in [3.05, 3.63) is 11.9 Å². The maximum Gasteiger partial charge on any atom is 0.145 e. The topological polar surface area (TPSA) is 67.1 Å². The molecule has 2 rings (SSSR count). The second-order valence-electron chi connectivity index (χ2n) is 6.98. The van der Waals surface area contributed by atoms with E-state index in [1.54, 1.807) is 0 Å². The van der Waals surface area contributed by atoms with Crippen LogP contribution in [0.4, 0.5) is 11.6 Å². The molecular formula is C15H27N5. The summed E-state index contributed by atoms with van der Waals surface area (Å²) >= 11 is 0. The lowest BCUT2D eigenvalue weighted by atomic mass is 9.95. The molecule has 5 heteroatoms. The molecule has 0 spiro atoms. The minimum atomic E-state index is -0.0886. The fourth-order valence-corrected chi connectivity index (χ4v) is 2.76. The van der Waals surface area contributed by atoms with Crippen LogP contribution in [0, 0.1) is 5.92 Å². The van der Waals surface area contributed by atoms with E-state index in [0.717, 1.165) is 18.2 Å². The maximum absolute atomic E-state index is 5.57. The number of hydrogen-bond donors (Lipinski definition) is 2. The van der Waals surface area contributed by atoms with Gasteiger partial charge in [0.25, 0.3) is 0 Å². The van der Waals surface area contributed by atoms with Crippen LogP contribution in [-0.4, -0.2) is 22.6 Å². The molecule has 0 amide bonds. The molecule has 1 unspecified atom stereocenters. The predicted octanol–water partition coefficient (Wildman–Crippen LogP) is 2.68. The highest BCUT2D eigenvalue weighted by molar-refractivity contribution is 5.51. The first-order valence-electron chi connectivity index (χ1n) is 7.45. The zero-order valence-corrected chi connectivity index (χ0v) is 13.3. The van der Waals surface area contributed by atoms with Crippen LogP contribution in [-0.2, 0) is 5.41 Å². The molecule has 1 atom stereocenters. The van der Waals surface area contributed by atoms with Crippen LogP contribution in [0.15, 0.2) is 6.07 Å². The van der Waals surface area contributed by atoms with E-state index in [2.05, 4.69) is 49.9 Å². The fourth-order valence-electron chi connectivity index (χ4n) is 2.76. The van der Waals surface area contributed by atoms with Gasteiger partial charge in [0.2, 0.25) is 0 Å². The van der Waals surface area contributed by atoms with Gasteiger partial charge in [-0.3, -0.25) is 0 Å². The number of nitrogens with one attached hydrogen (secondary N) is 1. The molecule has 3 N–H and O–H groups in total. The number of hydrazine groups is 1. The van der Waals surface area contributed by atoms with Gasteiger partial charge in [-0.2, -0.15) is 0 Å². The highest BCUT2D eigenvalue weighted by Crippen LogP contribution is 2.31. The van der Waals surface area contributed by atoms with Gasteiger partial charge >= 0.3 is 0 Å². The second-order valence-corrected chi connectivity index (χ2v) is 6.98. The number of aromatic nitrogens is 2. The standard InChI is InChI=1S/C15H27N5/c1-10(2)11-7-6-8-20(11)13-9-12(19-16)17-14(18-13)15(3,4)5/h9-11H,6-8,16H2,1-5H3,(H,17,18,19). The third kappa shape index (κ3) is 3.03. The Hall–Kier alpha value is -1.36. The summed E-state index contributed by atoms with van der Waals surface area (Å²) in [5.41, 5.74) is 2.58. The van der Waals surface area contributed by atoms with Crippen molar-refractivity contribution in [3.63, 3.8) is 0 Å². The first-order chi connectivity index (χ1) is 9.32. The summed E-state index contributed by atoms with van der Waals surface area (Å²) in [7, 11) is 0.